The summed E-state index contributed by atoms with van der Waals surface area (Å²) in [4.78, 5) is 16.5. The van der Waals surface area contributed by atoms with Crippen LogP contribution in [0.1, 0.15) is 17.3 Å². The average Bonchev–Trinajstić information content (AvgIpc) is 2.43. The van der Waals surface area contributed by atoms with Gasteiger partial charge in [0.05, 0.1) is 10.0 Å². The number of nitrogens with zero attached hydrogens (tertiary/aromatic N) is 1. The molecule has 0 radical (unpaired) electrons. The van der Waals surface area contributed by atoms with Crippen LogP contribution >= 0.6 is 27.5 Å². The van der Waals surface area contributed by atoms with Crippen LogP contribution in [0.2, 0.25) is 5.02 Å². The van der Waals surface area contributed by atoms with Crippen molar-refractivity contribution in [1.29, 1.82) is 0 Å². The lowest BCUT2D eigenvalue weighted by Gasteiger charge is -2.11. The van der Waals surface area contributed by atoms with Crippen molar-refractivity contribution < 1.29 is 4.79 Å². The molecular weight excluding hydrogens is 342 g/mol. The van der Waals surface area contributed by atoms with Crippen LogP contribution in [0.5, 0.6) is 0 Å². The Bertz CT molecular complexity index is 634. The van der Waals surface area contributed by atoms with Crippen LogP contribution in [0.4, 0.5) is 11.5 Å². The first kappa shape index (κ1) is 14.8. The summed E-state index contributed by atoms with van der Waals surface area (Å²) in [6.45, 7) is 2.68. The Kier molecular flexibility index (Phi) is 4.98. The average molecular weight is 355 g/mol. The van der Waals surface area contributed by atoms with E-state index in [4.69, 9.17) is 11.6 Å². The van der Waals surface area contributed by atoms with Gasteiger partial charge in [-0.1, -0.05) is 11.6 Å². The van der Waals surface area contributed by atoms with Gasteiger partial charge >= 0.3 is 0 Å². The first-order valence-corrected chi connectivity index (χ1v) is 7.24. The Hall–Kier alpha value is -1.59. The van der Waals surface area contributed by atoms with Crippen molar-refractivity contribution in [2.45, 2.75) is 6.92 Å². The molecule has 0 unspecified atom stereocenters. The Morgan fingerprint density at radius 2 is 2.20 bits per heavy atom. The van der Waals surface area contributed by atoms with E-state index < -0.39 is 0 Å². The van der Waals surface area contributed by atoms with Gasteiger partial charge in [-0.05, 0) is 53.2 Å². The van der Waals surface area contributed by atoms with Gasteiger partial charge in [-0.15, -0.1) is 0 Å². The number of hydrogen-bond acceptors (Lipinski definition) is 3. The Labute approximate surface area is 130 Å². The summed E-state index contributed by atoms with van der Waals surface area (Å²) in [7, 11) is 0. The van der Waals surface area contributed by atoms with Crippen molar-refractivity contribution in [3.8, 4) is 0 Å². The van der Waals surface area contributed by atoms with Gasteiger partial charge < -0.3 is 10.6 Å². The zero-order valence-electron chi connectivity index (χ0n) is 10.8. The highest BCUT2D eigenvalue weighted by molar-refractivity contribution is 9.10. The predicted molar refractivity (Wildman–Crippen MR) is 85.5 cm³/mol. The highest BCUT2D eigenvalue weighted by atomic mass is 79.9. The van der Waals surface area contributed by atoms with E-state index in [0.29, 0.717) is 16.4 Å². The molecule has 0 fully saturated rings. The maximum absolute atomic E-state index is 12.3. The zero-order chi connectivity index (χ0) is 14.5. The first-order valence-electron chi connectivity index (χ1n) is 6.07. The van der Waals surface area contributed by atoms with Gasteiger partial charge in [0, 0.05) is 23.5 Å². The maximum atomic E-state index is 12.3. The molecule has 1 aromatic carbocycles. The van der Waals surface area contributed by atoms with Crippen LogP contribution in [0.3, 0.4) is 0 Å². The minimum Gasteiger partial charge on any atom is -0.385 e. The number of carbonyl (C=O) groups excluding carboxylic acids is 1. The molecule has 0 spiro atoms. The topological polar surface area (TPSA) is 54.0 Å². The predicted octanol–water partition coefficient (Wildman–Crippen LogP) is 4.18. The molecule has 20 heavy (non-hydrogen) atoms. The molecule has 0 saturated carbocycles. The molecule has 0 aliphatic heterocycles. The number of nitrogens with one attached hydrogen (secondary N) is 2. The van der Waals surface area contributed by atoms with E-state index in [2.05, 4.69) is 31.5 Å². The van der Waals surface area contributed by atoms with Gasteiger partial charge in [0.1, 0.15) is 5.82 Å². The van der Waals surface area contributed by atoms with Gasteiger partial charge in [0.2, 0.25) is 0 Å². The second-order valence-electron chi connectivity index (χ2n) is 4.01. The molecule has 4 nitrogen and oxygen atoms in total. The van der Waals surface area contributed by atoms with E-state index in [1.165, 1.54) is 0 Å². The number of hydrogen-bond donors (Lipinski definition) is 2. The standard InChI is InChI=1S/C14H13BrClN3O/c1-2-17-12-6-5-9(16)8-10(12)14(20)19-13-11(15)4-3-7-18-13/h3-8,17H,2H2,1H3,(H,18,19,20). The fourth-order valence-corrected chi connectivity index (χ4v) is 2.23. The highest BCUT2D eigenvalue weighted by Crippen LogP contribution is 2.24. The molecule has 0 atom stereocenters. The van der Waals surface area contributed by atoms with Gasteiger partial charge in [-0.3, -0.25) is 4.79 Å². The third kappa shape index (κ3) is 3.49. The van der Waals surface area contributed by atoms with Gasteiger partial charge in [0.15, 0.2) is 0 Å². The summed E-state index contributed by atoms with van der Waals surface area (Å²) in [5, 5.41) is 6.40. The molecule has 1 aromatic heterocycles. The maximum Gasteiger partial charge on any atom is 0.258 e. The van der Waals surface area contributed by atoms with Crippen LogP contribution in [0.15, 0.2) is 41.0 Å². The number of rotatable bonds is 4. The molecule has 0 bridgehead atoms. The lowest BCUT2D eigenvalue weighted by Crippen LogP contribution is -2.16. The molecule has 2 aromatic rings. The lowest BCUT2D eigenvalue weighted by atomic mass is 10.1. The number of halogens is 2. The molecular formula is C14H13BrClN3O. The van der Waals surface area contributed by atoms with E-state index in [1.807, 2.05) is 13.0 Å². The fraction of sp³-hybridized carbons (Fsp3) is 0.143. The van der Waals surface area contributed by atoms with E-state index in [1.54, 1.807) is 30.5 Å². The third-order valence-electron chi connectivity index (χ3n) is 2.58. The summed E-state index contributed by atoms with van der Waals surface area (Å²) >= 11 is 9.30. The number of amides is 1. The molecule has 1 amide bonds. The smallest absolute Gasteiger partial charge is 0.258 e. The van der Waals surface area contributed by atoms with Gasteiger partial charge in [0.25, 0.3) is 5.91 Å². The second kappa shape index (κ2) is 6.72. The zero-order valence-corrected chi connectivity index (χ0v) is 13.1. The summed E-state index contributed by atoms with van der Waals surface area (Å²) < 4.78 is 0.723. The molecule has 2 rings (SSSR count). The summed E-state index contributed by atoms with van der Waals surface area (Å²) in [6, 6.07) is 8.75. The molecule has 0 aliphatic carbocycles. The number of benzene rings is 1. The van der Waals surface area contributed by atoms with Crippen molar-refractivity contribution in [3.05, 3.63) is 51.6 Å². The van der Waals surface area contributed by atoms with E-state index >= 15 is 0 Å². The number of aromatic nitrogens is 1. The highest BCUT2D eigenvalue weighted by Gasteiger charge is 2.13. The van der Waals surface area contributed by atoms with Crippen LogP contribution < -0.4 is 10.6 Å². The van der Waals surface area contributed by atoms with Crippen LogP contribution in [-0.4, -0.2) is 17.4 Å². The lowest BCUT2D eigenvalue weighted by molar-refractivity contribution is 0.102. The van der Waals surface area contributed by atoms with Crippen molar-refractivity contribution in [2.75, 3.05) is 17.2 Å². The Morgan fingerprint density at radius 3 is 2.90 bits per heavy atom. The minimum atomic E-state index is -0.261. The van der Waals surface area contributed by atoms with Crippen LogP contribution in [0.25, 0.3) is 0 Å². The molecule has 1 heterocycles. The van der Waals surface area contributed by atoms with Crippen molar-refractivity contribution in [2.24, 2.45) is 0 Å². The van der Waals surface area contributed by atoms with E-state index in [-0.39, 0.29) is 5.91 Å². The largest absolute Gasteiger partial charge is 0.385 e. The molecule has 0 saturated heterocycles. The minimum absolute atomic E-state index is 0.261. The normalized spacial score (nSPS) is 10.2. The van der Waals surface area contributed by atoms with Gasteiger partial charge in [-0.2, -0.15) is 0 Å². The molecule has 6 heteroatoms. The Morgan fingerprint density at radius 1 is 1.40 bits per heavy atom. The Balaban J connectivity index is 2.29. The molecule has 2 N–H and O–H groups in total. The van der Waals surface area contributed by atoms with Crippen LogP contribution in [-0.2, 0) is 0 Å². The number of pyridine rings is 1. The third-order valence-corrected chi connectivity index (χ3v) is 3.46. The quantitative estimate of drug-likeness (QED) is 0.866. The number of carbonyl (C=O) groups is 1. The first-order chi connectivity index (χ1) is 9.61. The molecule has 104 valence electrons. The van der Waals surface area contributed by atoms with Crippen molar-refractivity contribution in [3.63, 3.8) is 0 Å². The van der Waals surface area contributed by atoms with Crippen molar-refractivity contribution >= 4 is 44.9 Å². The second-order valence-corrected chi connectivity index (χ2v) is 5.30. The SMILES string of the molecule is CCNc1ccc(Cl)cc1C(=O)Nc1ncccc1Br. The van der Waals surface area contributed by atoms with E-state index in [0.717, 1.165) is 16.7 Å². The summed E-state index contributed by atoms with van der Waals surface area (Å²) in [5.41, 5.74) is 1.22. The van der Waals surface area contributed by atoms with E-state index in [9.17, 15) is 4.79 Å². The fourth-order valence-electron chi connectivity index (χ4n) is 1.70. The van der Waals surface area contributed by atoms with Gasteiger partial charge in [-0.25, -0.2) is 4.98 Å². The van der Waals surface area contributed by atoms with Crippen LogP contribution in [0, 0.1) is 0 Å². The summed E-state index contributed by atoms with van der Waals surface area (Å²) in [6.07, 6.45) is 1.61. The van der Waals surface area contributed by atoms with Crippen molar-refractivity contribution in [1.82, 2.24) is 4.98 Å². The monoisotopic (exact) mass is 353 g/mol. The summed E-state index contributed by atoms with van der Waals surface area (Å²) in [5.74, 6) is 0.211. The molecule has 0 aliphatic rings. The number of anilines is 2.